The van der Waals surface area contributed by atoms with Gasteiger partial charge in [0, 0.05) is 0 Å². The molecule has 0 aliphatic heterocycles. The van der Waals surface area contributed by atoms with E-state index in [0.717, 1.165) is 17.5 Å². The number of carbonyl (C=O) groups is 4. The molecule has 43 heavy (non-hydrogen) atoms. The number of benzene rings is 1. The number of aryl methyl sites for hydroxylation is 1. The maximum Gasteiger partial charge on any atom is 0.323 e. The molecule has 0 N–H and O–H groups in total. The third-order valence-electron chi connectivity index (χ3n) is 9.31. The molecule has 0 unspecified atom stereocenters. The molecule has 0 aromatic heterocycles. The van der Waals surface area contributed by atoms with Gasteiger partial charge in [0.2, 0.25) is 0 Å². The molecule has 0 spiro atoms. The summed E-state index contributed by atoms with van der Waals surface area (Å²) >= 11 is 0. The Kier molecular flexibility index (Phi) is 11.5. The van der Waals surface area contributed by atoms with E-state index < -0.39 is 34.7 Å². The van der Waals surface area contributed by atoms with Gasteiger partial charge in [-0.1, -0.05) is 50.6 Å². The third-order valence-corrected chi connectivity index (χ3v) is 9.31. The molecule has 2 aliphatic carbocycles. The maximum absolute atomic E-state index is 13.6. The van der Waals surface area contributed by atoms with E-state index in [1.54, 1.807) is 27.7 Å². The van der Waals surface area contributed by atoms with Crippen LogP contribution < -0.4 is 0 Å². The van der Waals surface area contributed by atoms with E-state index in [0.29, 0.717) is 12.8 Å². The van der Waals surface area contributed by atoms with Crippen molar-refractivity contribution in [1.29, 1.82) is 0 Å². The molecule has 0 radical (unpaired) electrons. The lowest BCUT2D eigenvalue weighted by molar-refractivity contribution is -0.174. The summed E-state index contributed by atoms with van der Waals surface area (Å²) in [6.45, 7) is 16.0. The summed E-state index contributed by atoms with van der Waals surface area (Å²) in [6, 6.07) is 8.30. The predicted octanol–water partition coefficient (Wildman–Crippen LogP) is 6.25. The first-order valence-corrected chi connectivity index (χ1v) is 16.0. The summed E-state index contributed by atoms with van der Waals surface area (Å²) in [4.78, 5) is 54.5. The molecule has 3 rings (SSSR count). The molecule has 0 amide bonds. The normalized spacial score (nSPS) is 24.3. The zero-order valence-corrected chi connectivity index (χ0v) is 27.5. The summed E-state index contributed by atoms with van der Waals surface area (Å²) in [5.41, 5.74) is -0.713. The molecule has 2 saturated carbocycles. The fourth-order valence-corrected chi connectivity index (χ4v) is 7.68. The number of ether oxygens (including phenoxy) is 4. The van der Waals surface area contributed by atoms with Gasteiger partial charge in [0.25, 0.3) is 0 Å². The van der Waals surface area contributed by atoms with Gasteiger partial charge >= 0.3 is 23.9 Å². The highest BCUT2D eigenvalue weighted by atomic mass is 16.6. The highest BCUT2D eigenvalue weighted by Crippen LogP contribution is 2.60. The minimum atomic E-state index is -1.45. The van der Waals surface area contributed by atoms with Crippen molar-refractivity contribution in [2.24, 2.45) is 39.9 Å². The molecule has 240 valence electrons. The van der Waals surface area contributed by atoms with Gasteiger partial charge in [0.1, 0.15) is 0 Å². The number of hydrogen-bond acceptors (Lipinski definition) is 8. The molecule has 8 nitrogen and oxygen atoms in total. The molecule has 0 saturated heterocycles. The first-order valence-electron chi connectivity index (χ1n) is 16.0. The van der Waals surface area contributed by atoms with Crippen LogP contribution >= 0.6 is 0 Å². The molecule has 0 bridgehead atoms. The van der Waals surface area contributed by atoms with Crippen molar-refractivity contribution in [3.8, 4) is 0 Å². The van der Waals surface area contributed by atoms with Gasteiger partial charge in [0.15, 0.2) is 10.8 Å². The predicted molar refractivity (Wildman–Crippen MR) is 163 cm³/mol. The number of hydrogen-bond donors (Lipinski definition) is 0. The zero-order chi connectivity index (χ0) is 32.0. The van der Waals surface area contributed by atoms with Gasteiger partial charge in [0.05, 0.1) is 26.4 Å². The molecule has 1 aromatic rings. The fraction of sp³-hybridized carbons (Fsp3) is 0.714. The number of rotatable bonds is 12. The second-order valence-corrected chi connectivity index (χ2v) is 13.7. The summed E-state index contributed by atoms with van der Waals surface area (Å²) in [6.07, 6.45) is 2.50. The Balaban J connectivity index is 2.16. The molecular weight excluding hydrogens is 548 g/mol. The smallest absolute Gasteiger partial charge is 0.323 e. The molecule has 2 fully saturated rings. The molecular formula is C35H52O8. The van der Waals surface area contributed by atoms with Crippen LogP contribution in [0.3, 0.4) is 0 Å². The molecule has 0 heterocycles. The topological polar surface area (TPSA) is 105 Å². The average Bonchev–Trinajstić information content (AvgIpc) is 3.50. The quantitative estimate of drug-likeness (QED) is 0.157. The molecule has 4 atom stereocenters. The van der Waals surface area contributed by atoms with Crippen molar-refractivity contribution < 1.29 is 38.1 Å². The van der Waals surface area contributed by atoms with Gasteiger partial charge < -0.3 is 18.9 Å². The first-order chi connectivity index (χ1) is 20.3. The standard InChI is InChI=1S/C35H52O8/c1-9-40-29(36)34(30(37)41-10-2)19-25(17-24-15-13-23(5)14-16-24)27(21-34)28-22-35(31(38)42-11-3,32(39)43-12-4)20-26(28)18-33(6,7)8/h13-16,25-28H,9-12,17-22H2,1-8H3/t25-,26+,27+,28-/m1/s1. The third kappa shape index (κ3) is 7.61. The summed E-state index contributed by atoms with van der Waals surface area (Å²) in [7, 11) is 0. The summed E-state index contributed by atoms with van der Waals surface area (Å²) in [5, 5.41) is 0. The van der Waals surface area contributed by atoms with Crippen LogP contribution in [0.15, 0.2) is 24.3 Å². The van der Waals surface area contributed by atoms with E-state index >= 15 is 0 Å². The van der Waals surface area contributed by atoms with Crippen molar-refractivity contribution in [2.75, 3.05) is 26.4 Å². The van der Waals surface area contributed by atoms with Crippen molar-refractivity contribution in [3.63, 3.8) is 0 Å². The van der Waals surface area contributed by atoms with Crippen LogP contribution in [0.2, 0.25) is 0 Å². The Hall–Kier alpha value is -2.90. The molecule has 2 aliphatic rings. The Bertz CT molecular complexity index is 1100. The fourth-order valence-electron chi connectivity index (χ4n) is 7.68. The highest BCUT2D eigenvalue weighted by molar-refractivity contribution is 6.01. The minimum absolute atomic E-state index is 0.0282. The van der Waals surface area contributed by atoms with E-state index in [2.05, 4.69) is 45.0 Å². The Morgan fingerprint density at radius 1 is 0.651 bits per heavy atom. The largest absolute Gasteiger partial charge is 0.465 e. The monoisotopic (exact) mass is 600 g/mol. The Morgan fingerprint density at radius 2 is 1.02 bits per heavy atom. The van der Waals surface area contributed by atoms with Gasteiger partial charge in [-0.15, -0.1) is 0 Å². The van der Waals surface area contributed by atoms with E-state index in [1.165, 1.54) is 0 Å². The zero-order valence-electron chi connectivity index (χ0n) is 27.5. The lowest BCUT2D eigenvalue weighted by atomic mass is 9.71. The minimum Gasteiger partial charge on any atom is -0.465 e. The van der Waals surface area contributed by atoms with E-state index in [1.807, 2.05) is 6.92 Å². The van der Waals surface area contributed by atoms with Gasteiger partial charge in [-0.05, 0) is 108 Å². The first kappa shape index (κ1) is 34.6. The van der Waals surface area contributed by atoms with Crippen molar-refractivity contribution >= 4 is 23.9 Å². The van der Waals surface area contributed by atoms with Crippen LogP contribution in [0.1, 0.15) is 91.7 Å². The second kappa shape index (κ2) is 14.3. The lowest BCUT2D eigenvalue weighted by Gasteiger charge is -2.34. The van der Waals surface area contributed by atoms with Crippen LogP contribution in [0.5, 0.6) is 0 Å². The van der Waals surface area contributed by atoms with Gasteiger partial charge in [-0.3, -0.25) is 19.2 Å². The molecule has 1 aromatic carbocycles. The van der Waals surface area contributed by atoms with Crippen LogP contribution in [-0.2, 0) is 44.5 Å². The molecule has 8 heteroatoms. The van der Waals surface area contributed by atoms with E-state index in [-0.39, 0.29) is 74.8 Å². The Labute approximate surface area is 257 Å². The van der Waals surface area contributed by atoms with Gasteiger partial charge in [-0.2, -0.15) is 0 Å². The van der Waals surface area contributed by atoms with Crippen molar-refractivity contribution in [2.45, 2.75) is 93.9 Å². The average molecular weight is 601 g/mol. The van der Waals surface area contributed by atoms with Gasteiger partial charge in [-0.25, -0.2) is 0 Å². The van der Waals surface area contributed by atoms with Crippen LogP contribution in [0, 0.1) is 46.8 Å². The lowest BCUT2D eigenvalue weighted by Crippen LogP contribution is -2.41. The second-order valence-electron chi connectivity index (χ2n) is 13.7. The number of esters is 4. The SMILES string of the molecule is CCOC(=O)C1(C(=O)OCC)C[C@H](CC(C)(C)C)[C@H]([C@H]2CC(C(=O)OCC)(C(=O)OCC)C[C@H]2Cc2ccc(C)cc2)C1. The summed E-state index contributed by atoms with van der Waals surface area (Å²) in [5.74, 6) is -2.60. The highest BCUT2D eigenvalue weighted by Gasteiger charge is 2.64. The van der Waals surface area contributed by atoms with Crippen molar-refractivity contribution in [3.05, 3.63) is 35.4 Å². The van der Waals surface area contributed by atoms with Crippen LogP contribution in [0.25, 0.3) is 0 Å². The van der Waals surface area contributed by atoms with E-state index in [9.17, 15) is 19.2 Å². The van der Waals surface area contributed by atoms with E-state index in [4.69, 9.17) is 18.9 Å². The van der Waals surface area contributed by atoms with Crippen LogP contribution in [-0.4, -0.2) is 50.3 Å². The maximum atomic E-state index is 13.6. The number of carbonyl (C=O) groups excluding carboxylic acids is 4. The van der Waals surface area contributed by atoms with Crippen molar-refractivity contribution in [1.82, 2.24) is 0 Å². The Morgan fingerprint density at radius 3 is 1.40 bits per heavy atom. The van der Waals surface area contributed by atoms with Crippen LogP contribution in [0.4, 0.5) is 0 Å². The summed E-state index contributed by atoms with van der Waals surface area (Å²) < 4.78 is 22.1.